The van der Waals surface area contributed by atoms with Crippen LogP contribution in [0, 0.1) is 12.8 Å². The third-order valence-corrected chi connectivity index (χ3v) is 5.73. The molecule has 0 N–H and O–H groups in total. The van der Waals surface area contributed by atoms with Crippen molar-refractivity contribution in [1.82, 2.24) is 9.29 Å². The summed E-state index contributed by atoms with van der Waals surface area (Å²) >= 11 is 3.43. The number of aryl methyl sites for hydroxylation is 1. The fourth-order valence-corrected chi connectivity index (χ4v) is 3.62. The van der Waals surface area contributed by atoms with Crippen molar-refractivity contribution in [3.63, 3.8) is 0 Å². The lowest BCUT2D eigenvalue weighted by Crippen LogP contribution is -2.39. The average Bonchev–Trinajstić information content (AvgIpc) is 2.39. The van der Waals surface area contributed by atoms with Gasteiger partial charge in [0, 0.05) is 37.4 Å². The Morgan fingerprint density at radius 2 is 2.05 bits per heavy atom. The molecule has 2 heterocycles. The Morgan fingerprint density at radius 1 is 1.43 bits per heavy atom. The maximum Gasteiger partial charge on any atom is 0.210 e. The summed E-state index contributed by atoms with van der Waals surface area (Å²) in [6.07, 6.45) is 5.08. The van der Waals surface area contributed by atoms with Gasteiger partial charge in [0.25, 0.3) is 0 Å². The van der Waals surface area contributed by atoms with Gasteiger partial charge in [0.15, 0.2) is 0 Å². The van der Waals surface area contributed by atoms with Crippen LogP contribution in [0.3, 0.4) is 0 Å². The molecule has 0 atom stereocenters. The zero-order valence-electron chi connectivity index (χ0n) is 12.7. The second-order valence-corrected chi connectivity index (χ2v) is 8.77. The summed E-state index contributed by atoms with van der Waals surface area (Å²) in [6.45, 7) is 4.53. The number of halogens is 1. The van der Waals surface area contributed by atoms with Crippen LogP contribution in [-0.2, 0) is 10.0 Å². The number of nitrogens with zero attached hydrogens (tertiary/aromatic N) is 3. The molecule has 0 spiro atoms. The van der Waals surface area contributed by atoms with Gasteiger partial charge in [0.05, 0.1) is 6.26 Å². The van der Waals surface area contributed by atoms with Crippen LogP contribution >= 0.6 is 15.9 Å². The van der Waals surface area contributed by atoms with E-state index in [1.54, 1.807) is 7.05 Å². The highest BCUT2D eigenvalue weighted by Gasteiger charge is 2.24. The molecule has 1 aliphatic rings. The van der Waals surface area contributed by atoms with E-state index in [-0.39, 0.29) is 0 Å². The molecule has 7 heteroatoms. The van der Waals surface area contributed by atoms with Crippen molar-refractivity contribution in [3.05, 3.63) is 22.3 Å². The topological polar surface area (TPSA) is 53.5 Å². The van der Waals surface area contributed by atoms with Gasteiger partial charge in [0.1, 0.15) is 5.82 Å². The summed E-state index contributed by atoms with van der Waals surface area (Å²) in [6, 6.07) is 2.08. The Kier molecular flexibility index (Phi) is 5.27. The molecule has 0 unspecified atom stereocenters. The molecular weight excluding hydrogens is 354 g/mol. The first-order valence-electron chi connectivity index (χ1n) is 7.06. The predicted molar refractivity (Wildman–Crippen MR) is 89.1 cm³/mol. The molecule has 0 radical (unpaired) electrons. The van der Waals surface area contributed by atoms with Crippen molar-refractivity contribution in [2.75, 3.05) is 37.8 Å². The van der Waals surface area contributed by atoms with Gasteiger partial charge in [-0.3, -0.25) is 0 Å². The van der Waals surface area contributed by atoms with Gasteiger partial charge in [-0.15, -0.1) is 0 Å². The van der Waals surface area contributed by atoms with E-state index in [2.05, 4.69) is 38.8 Å². The van der Waals surface area contributed by atoms with Crippen LogP contribution in [0.2, 0.25) is 0 Å². The summed E-state index contributed by atoms with van der Waals surface area (Å²) < 4.78 is 25.4. The fourth-order valence-electron chi connectivity index (χ4n) is 2.69. The van der Waals surface area contributed by atoms with Crippen LogP contribution < -0.4 is 4.90 Å². The molecule has 1 aliphatic heterocycles. The van der Waals surface area contributed by atoms with Crippen LogP contribution in [0.1, 0.15) is 18.4 Å². The smallest absolute Gasteiger partial charge is 0.210 e. The van der Waals surface area contributed by atoms with E-state index in [0.717, 1.165) is 41.8 Å². The van der Waals surface area contributed by atoms with Crippen LogP contribution in [0.25, 0.3) is 0 Å². The Balaban J connectivity index is 1.94. The highest BCUT2D eigenvalue weighted by molar-refractivity contribution is 9.10. The number of piperidine rings is 1. The molecule has 1 fully saturated rings. The maximum absolute atomic E-state index is 11.5. The number of hydrogen-bond acceptors (Lipinski definition) is 4. The highest BCUT2D eigenvalue weighted by Crippen LogP contribution is 2.26. The second-order valence-electron chi connectivity index (χ2n) is 5.77. The monoisotopic (exact) mass is 375 g/mol. The van der Waals surface area contributed by atoms with Crippen molar-refractivity contribution < 1.29 is 8.42 Å². The highest BCUT2D eigenvalue weighted by atomic mass is 79.9. The molecule has 0 amide bonds. The molecule has 0 saturated carbocycles. The first-order valence-corrected chi connectivity index (χ1v) is 9.70. The van der Waals surface area contributed by atoms with Gasteiger partial charge in [0.2, 0.25) is 10.0 Å². The molecule has 0 bridgehead atoms. The molecule has 1 aromatic rings. The van der Waals surface area contributed by atoms with E-state index in [0.29, 0.717) is 12.5 Å². The SMILES string of the molecule is Cc1cc(Br)cnc1N1CCC(CN(C)S(C)(=O)=O)CC1. The lowest BCUT2D eigenvalue weighted by molar-refractivity contribution is 0.328. The lowest BCUT2D eigenvalue weighted by atomic mass is 9.96. The Hall–Kier alpha value is -0.660. The molecule has 0 aliphatic carbocycles. The normalized spacial score (nSPS) is 17.5. The zero-order valence-corrected chi connectivity index (χ0v) is 15.1. The van der Waals surface area contributed by atoms with Gasteiger partial charge in [-0.2, -0.15) is 0 Å². The molecule has 5 nitrogen and oxygen atoms in total. The number of rotatable bonds is 4. The van der Waals surface area contributed by atoms with Gasteiger partial charge >= 0.3 is 0 Å². The molecule has 21 heavy (non-hydrogen) atoms. The minimum Gasteiger partial charge on any atom is -0.356 e. The van der Waals surface area contributed by atoms with Gasteiger partial charge in [-0.1, -0.05) is 0 Å². The molecular formula is C14H22BrN3O2S. The van der Waals surface area contributed by atoms with E-state index < -0.39 is 10.0 Å². The van der Waals surface area contributed by atoms with Crippen molar-refractivity contribution in [1.29, 1.82) is 0 Å². The van der Waals surface area contributed by atoms with Crippen molar-refractivity contribution in [2.45, 2.75) is 19.8 Å². The van der Waals surface area contributed by atoms with E-state index in [4.69, 9.17) is 0 Å². The Morgan fingerprint density at radius 3 is 2.57 bits per heavy atom. The Labute approximate surface area is 135 Å². The number of sulfonamides is 1. The van der Waals surface area contributed by atoms with Crippen LogP contribution in [0.4, 0.5) is 5.82 Å². The van der Waals surface area contributed by atoms with Crippen LogP contribution in [0.5, 0.6) is 0 Å². The third kappa shape index (κ3) is 4.40. The van der Waals surface area contributed by atoms with Gasteiger partial charge in [-0.25, -0.2) is 17.7 Å². The Bertz CT molecular complexity index is 598. The third-order valence-electron chi connectivity index (χ3n) is 4.01. The molecule has 2 rings (SSSR count). The van der Waals surface area contributed by atoms with Crippen LogP contribution in [0.15, 0.2) is 16.7 Å². The first kappa shape index (κ1) is 16.7. The minimum atomic E-state index is -3.08. The number of anilines is 1. The minimum absolute atomic E-state index is 0.428. The molecule has 1 aromatic heterocycles. The molecule has 0 aromatic carbocycles. The van der Waals surface area contributed by atoms with Crippen molar-refractivity contribution in [2.24, 2.45) is 5.92 Å². The van der Waals surface area contributed by atoms with E-state index in [1.165, 1.54) is 10.6 Å². The average molecular weight is 376 g/mol. The quantitative estimate of drug-likeness (QED) is 0.809. The maximum atomic E-state index is 11.5. The summed E-state index contributed by atoms with van der Waals surface area (Å²) in [7, 11) is -1.42. The number of pyridine rings is 1. The fraction of sp³-hybridized carbons (Fsp3) is 0.643. The zero-order chi connectivity index (χ0) is 15.6. The van der Waals surface area contributed by atoms with Crippen molar-refractivity contribution >= 4 is 31.8 Å². The standard InChI is InChI=1S/C14H22BrN3O2S/c1-11-8-13(15)9-16-14(11)18-6-4-12(5-7-18)10-17(2)21(3,19)20/h8-9,12H,4-7,10H2,1-3H3. The second kappa shape index (κ2) is 6.62. The largest absolute Gasteiger partial charge is 0.356 e. The summed E-state index contributed by atoms with van der Waals surface area (Å²) in [4.78, 5) is 6.79. The first-order chi connectivity index (χ1) is 9.77. The van der Waals surface area contributed by atoms with E-state index >= 15 is 0 Å². The van der Waals surface area contributed by atoms with E-state index in [1.807, 2.05) is 6.20 Å². The summed E-state index contributed by atoms with van der Waals surface area (Å²) in [5, 5.41) is 0. The van der Waals surface area contributed by atoms with Crippen LogP contribution in [-0.4, -0.2) is 50.6 Å². The molecule has 118 valence electrons. The van der Waals surface area contributed by atoms with E-state index in [9.17, 15) is 8.42 Å². The van der Waals surface area contributed by atoms with Crippen molar-refractivity contribution in [3.8, 4) is 0 Å². The number of hydrogen-bond donors (Lipinski definition) is 0. The lowest BCUT2D eigenvalue weighted by Gasteiger charge is -2.34. The van der Waals surface area contributed by atoms with Gasteiger partial charge in [-0.05, 0) is 53.2 Å². The van der Waals surface area contributed by atoms with Gasteiger partial charge < -0.3 is 4.90 Å². The summed E-state index contributed by atoms with van der Waals surface area (Å²) in [5.41, 5.74) is 1.16. The molecule has 1 saturated heterocycles. The number of aromatic nitrogens is 1. The summed E-state index contributed by atoms with van der Waals surface area (Å²) in [5.74, 6) is 1.46. The predicted octanol–water partition coefficient (Wildman–Crippen LogP) is 2.26.